The highest BCUT2D eigenvalue weighted by Crippen LogP contribution is 2.21. The van der Waals surface area contributed by atoms with E-state index >= 15 is 0 Å². The van der Waals surface area contributed by atoms with Crippen molar-refractivity contribution in [3.05, 3.63) is 0 Å². The van der Waals surface area contributed by atoms with Crippen LogP contribution in [-0.4, -0.2) is 63.7 Å². The Hall–Kier alpha value is -0.730. The Bertz CT molecular complexity index is 338. The molecule has 0 radical (unpaired) electrons. The molecule has 4 N–H and O–H groups in total. The number of hydrogen-bond donors (Lipinski definition) is 4. The van der Waals surface area contributed by atoms with Crippen molar-refractivity contribution in [2.75, 3.05) is 6.61 Å². The molecule has 0 spiro atoms. The van der Waals surface area contributed by atoms with Crippen LogP contribution < -0.4 is 0 Å². The van der Waals surface area contributed by atoms with Crippen molar-refractivity contribution in [2.45, 2.75) is 117 Å². The van der Waals surface area contributed by atoms with Gasteiger partial charge in [-0.1, -0.05) is 53.4 Å². The van der Waals surface area contributed by atoms with Crippen LogP contribution in [-0.2, 0) is 14.3 Å². The second-order valence-corrected chi connectivity index (χ2v) is 6.26. The standard InChI is InChI=1S/C16H30O7.2C2H6/c1-11-13(18)10-14(19)16(23-11)22-8-6-4-2-3-5-7-12(17)9-15(20)21;2*1-2/h11-14,16-19H,2-10H2,1H3,(H,20,21);2*1-2H3/t11?,12?,13-,14+,16?;;/m1../s1. The number of carboxylic acids is 1. The largest absolute Gasteiger partial charge is 0.481 e. The Morgan fingerprint density at radius 3 is 2.19 bits per heavy atom. The van der Waals surface area contributed by atoms with Crippen LogP contribution in [0.4, 0.5) is 0 Å². The number of unbranched alkanes of at least 4 members (excludes halogenated alkanes) is 4. The predicted molar refractivity (Wildman–Crippen MR) is 106 cm³/mol. The fourth-order valence-electron chi connectivity index (χ4n) is 2.61. The highest BCUT2D eigenvalue weighted by molar-refractivity contribution is 5.67. The molecule has 27 heavy (non-hydrogen) atoms. The molecule has 0 aromatic rings. The minimum absolute atomic E-state index is 0.190. The molecular formula is C20H42O7. The third-order valence-electron chi connectivity index (χ3n) is 4.06. The van der Waals surface area contributed by atoms with Crippen molar-refractivity contribution in [3.8, 4) is 0 Å². The number of ether oxygens (including phenoxy) is 2. The second kappa shape index (κ2) is 18.6. The lowest BCUT2D eigenvalue weighted by atomic mass is 10.0. The zero-order valence-electron chi connectivity index (χ0n) is 17.8. The quantitative estimate of drug-likeness (QED) is 0.398. The third kappa shape index (κ3) is 14.9. The lowest BCUT2D eigenvalue weighted by molar-refractivity contribution is -0.261. The van der Waals surface area contributed by atoms with E-state index in [9.17, 15) is 20.1 Å². The first-order valence-corrected chi connectivity index (χ1v) is 10.4. The minimum Gasteiger partial charge on any atom is -0.481 e. The summed E-state index contributed by atoms with van der Waals surface area (Å²) in [5.41, 5.74) is 0. The Balaban J connectivity index is 0. The molecule has 1 heterocycles. The number of hydrogen-bond acceptors (Lipinski definition) is 6. The van der Waals surface area contributed by atoms with Crippen LogP contribution in [0.15, 0.2) is 0 Å². The van der Waals surface area contributed by atoms with Crippen LogP contribution >= 0.6 is 0 Å². The van der Waals surface area contributed by atoms with Crippen molar-refractivity contribution in [1.82, 2.24) is 0 Å². The van der Waals surface area contributed by atoms with Gasteiger partial charge >= 0.3 is 5.97 Å². The maximum atomic E-state index is 10.4. The second-order valence-electron chi connectivity index (χ2n) is 6.26. The van der Waals surface area contributed by atoms with E-state index in [4.69, 9.17) is 14.6 Å². The molecule has 1 saturated heterocycles. The van der Waals surface area contributed by atoms with E-state index in [0.717, 1.165) is 32.1 Å². The van der Waals surface area contributed by atoms with Gasteiger partial charge in [-0.3, -0.25) is 4.79 Å². The third-order valence-corrected chi connectivity index (χ3v) is 4.06. The molecule has 7 nitrogen and oxygen atoms in total. The molecule has 0 amide bonds. The molecule has 1 aliphatic heterocycles. The van der Waals surface area contributed by atoms with E-state index in [1.807, 2.05) is 27.7 Å². The lowest BCUT2D eigenvalue weighted by Crippen LogP contribution is -2.47. The van der Waals surface area contributed by atoms with Crippen LogP contribution in [0.25, 0.3) is 0 Å². The first kappa shape index (κ1) is 28.5. The summed E-state index contributed by atoms with van der Waals surface area (Å²) < 4.78 is 10.9. The zero-order valence-corrected chi connectivity index (χ0v) is 17.8. The van der Waals surface area contributed by atoms with E-state index in [1.165, 1.54) is 0 Å². The Morgan fingerprint density at radius 1 is 1.04 bits per heavy atom. The monoisotopic (exact) mass is 394 g/mol. The van der Waals surface area contributed by atoms with E-state index in [-0.39, 0.29) is 18.9 Å². The van der Waals surface area contributed by atoms with Gasteiger partial charge in [0.15, 0.2) is 6.29 Å². The molecule has 7 heteroatoms. The molecule has 0 aliphatic carbocycles. The summed E-state index contributed by atoms with van der Waals surface area (Å²) in [7, 11) is 0. The van der Waals surface area contributed by atoms with Gasteiger partial charge in [0.1, 0.15) is 6.10 Å². The van der Waals surface area contributed by atoms with Gasteiger partial charge in [0.25, 0.3) is 0 Å². The number of aliphatic hydroxyl groups excluding tert-OH is 3. The normalized spacial score (nSPS) is 25.5. The summed E-state index contributed by atoms with van der Waals surface area (Å²) in [6, 6.07) is 0. The van der Waals surface area contributed by atoms with Gasteiger partial charge in [-0.25, -0.2) is 0 Å². The average molecular weight is 395 g/mol. The summed E-state index contributed by atoms with van der Waals surface area (Å²) in [5.74, 6) is -0.969. The van der Waals surface area contributed by atoms with Crippen molar-refractivity contribution in [1.29, 1.82) is 0 Å². The molecule has 0 saturated carbocycles. The number of rotatable bonds is 11. The number of carboxylic acid groups (broad SMARTS) is 1. The van der Waals surface area contributed by atoms with Crippen LogP contribution in [0.5, 0.6) is 0 Å². The molecule has 0 aromatic heterocycles. The van der Waals surface area contributed by atoms with Crippen LogP contribution in [0.3, 0.4) is 0 Å². The summed E-state index contributed by atoms with van der Waals surface area (Å²) >= 11 is 0. The van der Waals surface area contributed by atoms with Crippen LogP contribution in [0, 0.1) is 0 Å². The smallest absolute Gasteiger partial charge is 0.305 e. The van der Waals surface area contributed by atoms with Crippen molar-refractivity contribution >= 4 is 5.97 Å². The summed E-state index contributed by atoms with van der Waals surface area (Å²) in [6.07, 6.45) is 1.97. The van der Waals surface area contributed by atoms with E-state index in [1.54, 1.807) is 6.92 Å². The van der Waals surface area contributed by atoms with Crippen LogP contribution in [0.1, 0.15) is 86.0 Å². The van der Waals surface area contributed by atoms with Gasteiger partial charge < -0.3 is 29.9 Å². The molecule has 0 aromatic carbocycles. The molecule has 1 rings (SSSR count). The van der Waals surface area contributed by atoms with Gasteiger partial charge in [-0.2, -0.15) is 0 Å². The van der Waals surface area contributed by atoms with Crippen molar-refractivity contribution < 1.29 is 34.7 Å². The molecule has 1 aliphatic rings. The summed E-state index contributed by atoms with van der Waals surface area (Å²) in [4.78, 5) is 10.4. The van der Waals surface area contributed by atoms with Gasteiger partial charge in [0.2, 0.25) is 0 Å². The maximum absolute atomic E-state index is 10.4. The first-order valence-electron chi connectivity index (χ1n) is 10.4. The fraction of sp³-hybridized carbons (Fsp3) is 0.950. The summed E-state index contributed by atoms with van der Waals surface area (Å²) in [5, 5.41) is 37.3. The van der Waals surface area contributed by atoms with Gasteiger partial charge in [-0.05, 0) is 19.8 Å². The van der Waals surface area contributed by atoms with Crippen molar-refractivity contribution in [3.63, 3.8) is 0 Å². The highest BCUT2D eigenvalue weighted by Gasteiger charge is 2.34. The first-order chi connectivity index (χ1) is 12.9. The van der Waals surface area contributed by atoms with Crippen molar-refractivity contribution in [2.24, 2.45) is 0 Å². The van der Waals surface area contributed by atoms with Gasteiger partial charge in [-0.15, -0.1) is 0 Å². The number of aliphatic carboxylic acids is 1. The molecule has 1 fully saturated rings. The topological polar surface area (TPSA) is 116 Å². The fourth-order valence-corrected chi connectivity index (χ4v) is 2.61. The predicted octanol–water partition coefficient (Wildman–Crippen LogP) is 3.09. The molecule has 164 valence electrons. The highest BCUT2D eigenvalue weighted by atomic mass is 16.7. The molecular weight excluding hydrogens is 352 g/mol. The summed E-state index contributed by atoms with van der Waals surface area (Å²) in [6.45, 7) is 10.2. The minimum atomic E-state index is -0.969. The number of aliphatic hydroxyl groups is 3. The molecule has 0 bridgehead atoms. The Labute approximate surface area is 164 Å². The van der Waals surface area contributed by atoms with E-state index < -0.39 is 30.6 Å². The molecule has 5 atom stereocenters. The Morgan fingerprint density at radius 2 is 1.59 bits per heavy atom. The van der Waals surface area contributed by atoms with Gasteiger partial charge in [0, 0.05) is 13.0 Å². The lowest BCUT2D eigenvalue weighted by Gasteiger charge is -2.35. The molecule has 3 unspecified atom stereocenters. The average Bonchev–Trinajstić information content (AvgIpc) is 2.64. The van der Waals surface area contributed by atoms with Crippen LogP contribution in [0.2, 0.25) is 0 Å². The Kier molecular flexibility index (Phi) is 19.6. The van der Waals surface area contributed by atoms with E-state index in [0.29, 0.717) is 13.0 Å². The van der Waals surface area contributed by atoms with Gasteiger partial charge in [0.05, 0.1) is 24.7 Å². The SMILES string of the molecule is CC.CC.CC1OC(OCCCCCCCC(O)CC(=O)O)[C@@H](O)C[C@H]1O. The zero-order chi connectivity index (χ0) is 21.2. The number of carbonyl (C=O) groups is 1. The maximum Gasteiger partial charge on any atom is 0.305 e. The van der Waals surface area contributed by atoms with E-state index in [2.05, 4.69) is 0 Å².